The summed E-state index contributed by atoms with van der Waals surface area (Å²) >= 11 is 0. The number of carbonyl (C=O) groups excluding carboxylic acids is 4. The van der Waals surface area contributed by atoms with Crippen LogP contribution in [0.5, 0.6) is 0 Å². The fourth-order valence-electron chi connectivity index (χ4n) is 0.898. The lowest BCUT2D eigenvalue weighted by Gasteiger charge is -2.09. The molecule has 0 bridgehead atoms. The van der Waals surface area contributed by atoms with Gasteiger partial charge in [0.05, 0.1) is 7.11 Å². The van der Waals surface area contributed by atoms with Crippen molar-refractivity contribution in [1.82, 2.24) is 0 Å². The molecule has 0 fully saturated rings. The van der Waals surface area contributed by atoms with Crippen LogP contribution in [0.3, 0.4) is 0 Å². The zero-order valence-electron chi connectivity index (χ0n) is 10.6. The summed E-state index contributed by atoms with van der Waals surface area (Å²) < 4.78 is 13.2. The van der Waals surface area contributed by atoms with Gasteiger partial charge in [0, 0.05) is 18.6 Å². The van der Waals surface area contributed by atoms with Gasteiger partial charge >= 0.3 is 17.9 Å². The third kappa shape index (κ3) is 8.50. The van der Waals surface area contributed by atoms with E-state index in [1.165, 1.54) is 6.92 Å². The summed E-state index contributed by atoms with van der Waals surface area (Å²) in [5, 5.41) is 0. The van der Waals surface area contributed by atoms with Crippen molar-refractivity contribution in [3.8, 4) is 0 Å². The van der Waals surface area contributed by atoms with E-state index in [-0.39, 0.29) is 12.2 Å². The molecule has 0 radical (unpaired) electrons. The summed E-state index contributed by atoms with van der Waals surface area (Å²) in [6.45, 7) is 0.625. The van der Waals surface area contributed by atoms with E-state index in [0.717, 1.165) is 19.3 Å². The Labute approximate surface area is 109 Å². The van der Waals surface area contributed by atoms with Gasteiger partial charge in [-0.3, -0.25) is 9.59 Å². The van der Waals surface area contributed by atoms with E-state index in [2.05, 4.69) is 14.2 Å². The van der Waals surface area contributed by atoms with Crippen LogP contribution in [-0.4, -0.2) is 43.6 Å². The van der Waals surface area contributed by atoms with E-state index in [1.807, 2.05) is 0 Å². The van der Waals surface area contributed by atoms with Gasteiger partial charge in [0.15, 0.2) is 0 Å². The summed E-state index contributed by atoms with van der Waals surface area (Å²) in [5.41, 5.74) is 5.34. The Morgan fingerprint density at radius 2 is 1.68 bits per heavy atom. The molecule has 1 atom stereocenters. The van der Waals surface area contributed by atoms with E-state index in [9.17, 15) is 19.2 Å². The molecule has 2 N–H and O–H groups in total. The highest BCUT2D eigenvalue weighted by molar-refractivity contribution is 5.91. The van der Waals surface area contributed by atoms with Crippen molar-refractivity contribution in [2.75, 3.05) is 13.9 Å². The number of carbonyl (C=O) groups is 4. The van der Waals surface area contributed by atoms with Gasteiger partial charge in [-0.2, -0.15) is 0 Å². The van der Waals surface area contributed by atoms with Gasteiger partial charge in [-0.1, -0.05) is 0 Å². The zero-order chi connectivity index (χ0) is 14.8. The molecule has 0 saturated heterocycles. The average Bonchev–Trinajstić information content (AvgIpc) is 2.34. The van der Waals surface area contributed by atoms with Gasteiger partial charge in [-0.15, -0.1) is 0 Å². The van der Waals surface area contributed by atoms with Crippen LogP contribution in [-0.2, 0) is 33.4 Å². The Kier molecular flexibility index (Phi) is 7.78. The first-order chi connectivity index (χ1) is 8.86. The highest BCUT2D eigenvalue weighted by Crippen LogP contribution is 1.94. The molecule has 106 valence electrons. The number of rotatable bonds is 7. The minimum atomic E-state index is -1.10. The topological polar surface area (TPSA) is 122 Å². The molecule has 0 saturated carbocycles. The standard InChI is InChI=1S/C11H15NO7/c1-7(13)5-8(12)11(16)19-6-18-10(15)4-3-9(14)17-2/h3-4,8H,5-6,12H2,1-2H3/b4-3+/t8-/m0/s1. The van der Waals surface area contributed by atoms with E-state index >= 15 is 0 Å². The van der Waals surface area contributed by atoms with Gasteiger partial charge < -0.3 is 19.9 Å². The Morgan fingerprint density at radius 3 is 2.21 bits per heavy atom. The van der Waals surface area contributed by atoms with Crippen LogP contribution in [0.2, 0.25) is 0 Å². The van der Waals surface area contributed by atoms with Crippen molar-refractivity contribution >= 4 is 23.7 Å². The first kappa shape index (κ1) is 16.8. The second kappa shape index (κ2) is 8.81. The predicted octanol–water partition coefficient (Wildman–Crippen LogP) is -0.934. The van der Waals surface area contributed by atoms with Gasteiger partial charge in [-0.25, -0.2) is 9.59 Å². The molecule has 0 aliphatic heterocycles. The molecular formula is C11H15NO7. The largest absolute Gasteiger partial charge is 0.466 e. The zero-order valence-corrected chi connectivity index (χ0v) is 10.6. The lowest BCUT2D eigenvalue weighted by atomic mass is 10.2. The minimum absolute atomic E-state index is 0.158. The van der Waals surface area contributed by atoms with Crippen molar-refractivity contribution in [2.24, 2.45) is 5.73 Å². The maximum Gasteiger partial charge on any atom is 0.333 e. The van der Waals surface area contributed by atoms with Crippen LogP contribution >= 0.6 is 0 Å². The van der Waals surface area contributed by atoms with E-state index < -0.39 is 30.7 Å². The summed E-state index contributed by atoms with van der Waals surface area (Å²) in [4.78, 5) is 43.5. The fraction of sp³-hybridized carbons (Fsp3) is 0.455. The SMILES string of the molecule is COC(=O)/C=C/C(=O)OCOC(=O)[C@@H](N)CC(C)=O. The normalized spacial score (nSPS) is 11.7. The Balaban J connectivity index is 3.93. The first-order valence-corrected chi connectivity index (χ1v) is 5.21. The predicted molar refractivity (Wildman–Crippen MR) is 61.5 cm³/mol. The van der Waals surface area contributed by atoms with E-state index in [0.29, 0.717) is 0 Å². The van der Waals surface area contributed by atoms with Crippen molar-refractivity contribution in [1.29, 1.82) is 0 Å². The van der Waals surface area contributed by atoms with E-state index in [1.54, 1.807) is 0 Å². The lowest BCUT2D eigenvalue weighted by Crippen LogP contribution is -2.34. The first-order valence-electron chi connectivity index (χ1n) is 5.21. The molecule has 8 nitrogen and oxygen atoms in total. The molecule has 0 unspecified atom stereocenters. The van der Waals surface area contributed by atoms with Gasteiger partial charge in [0.1, 0.15) is 11.8 Å². The van der Waals surface area contributed by atoms with Crippen molar-refractivity contribution in [2.45, 2.75) is 19.4 Å². The molecule has 0 aromatic heterocycles. The number of Topliss-reactive ketones (excluding diaryl/α,β-unsaturated/α-hetero) is 1. The maximum atomic E-state index is 11.2. The molecule has 0 heterocycles. The Bertz CT molecular complexity index is 389. The minimum Gasteiger partial charge on any atom is -0.466 e. The number of ether oxygens (including phenoxy) is 3. The van der Waals surface area contributed by atoms with Gasteiger partial charge in [0.2, 0.25) is 6.79 Å². The second-order valence-corrected chi connectivity index (χ2v) is 3.41. The van der Waals surface area contributed by atoms with Gasteiger partial charge in [-0.05, 0) is 6.92 Å². The molecule has 19 heavy (non-hydrogen) atoms. The Hall–Kier alpha value is -2.22. The van der Waals surface area contributed by atoms with Crippen LogP contribution < -0.4 is 5.73 Å². The quantitative estimate of drug-likeness (QED) is 0.358. The molecular weight excluding hydrogens is 258 g/mol. The van der Waals surface area contributed by atoms with Crippen LogP contribution in [0.4, 0.5) is 0 Å². The number of hydrogen-bond donors (Lipinski definition) is 1. The molecule has 8 heteroatoms. The molecule has 0 amide bonds. The smallest absolute Gasteiger partial charge is 0.333 e. The molecule has 0 spiro atoms. The van der Waals surface area contributed by atoms with Crippen LogP contribution in [0, 0.1) is 0 Å². The summed E-state index contributed by atoms with van der Waals surface area (Å²) in [5.74, 6) is -2.74. The maximum absolute atomic E-state index is 11.2. The molecule has 0 aromatic rings. The number of methoxy groups -OCH3 is 1. The van der Waals surface area contributed by atoms with Crippen molar-refractivity contribution in [3.05, 3.63) is 12.2 Å². The Morgan fingerprint density at radius 1 is 1.11 bits per heavy atom. The van der Waals surface area contributed by atoms with Crippen molar-refractivity contribution < 1.29 is 33.4 Å². The number of hydrogen-bond acceptors (Lipinski definition) is 8. The number of nitrogens with two attached hydrogens (primary N) is 1. The molecule has 0 aliphatic carbocycles. The average molecular weight is 273 g/mol. The highest BCUT2D eigenvalue weighted by atomic mass is 16.7. The summed E-state index contributed by atoms with van der Waals surface area (Å²) in [6.07, 6.45) is 1.51. The molecule has 0 aromatic carbocycles. The molecule has 0 rings (SSSR count). The summed E-state index contributed by atoms with van der Waals surface area (Å²) in [7, 11) is 1.15. The third-order valence-corrected chi connectivity index (χ3v) is 1.77. The monoisotopic (exact) mass is 273 g/mol. The van der Waals surface area contributed by atoms with E-state index in [4.69, 9.17) is 5.73 Å². The number of esters is 3. The fourth-order valence-corrected chi connectivity index (χ4v) is 0.898. The summed E-state index contributed by atoms with van der Waals surface area (Å²) in [6, 6.07) is -1.10. The van der Waals surface area contributed by atoms with Crippen molar-refractivity contribution in [3.63, 3.8) is 0 Å². The lowest BCUT2D eigenvalue weighted by molar-refractivity contribution is -0.165. The highest BCUT2D eigenvalue weighted by Gasteiger charge is 2.17. The van der Waals surface area contributed by atoms with Gasteiger partial charge in [0.25, 0.3) is 0 Å². The molecule has 0 aliphatic rings. The van der Waals surface area contributed by atoms with Crippen LogP contribution in [0.25, 0.3) is 0 Å². The van der Waals surface area contributed by atoms with Crippen LogP contribution in [0.15, 0.2) is 12.2 Å². The number of ketones is 1. The second-order valence-electron chi connectivity index (χ2n) is 3.41. The van der Waals surface area contributed by atoms with Crippen LogP contribution in [0.1, 0.15) is 13.3 Å². The third-order valence-electron chi connectivity index (χ3n) is 1.77.